The van der Waals surface area contributed by atoms with E-state index >= 15 is 0 Å². The lowest BCUT2D eigenvalue weighted by Gasteiger charge is -2.23. The maximum Gasteiger partial charge on any atom is 0.392 e. The van der Waals surface area contributed by atoms with Crippen molar-refractivity contribution in [2.45, 2.75) is 32.4 Å². The Labute approximate surface area is 95.2 Å². The van der Waals surface area contributed by atoms with Gasteiger partial charge in [-0.15, -0.1) is 0 Å². The number of halogens is 3. The van der Waals surface area contributed by atoms with E-state index in [9.17, 15) is 18.0 Å². The van der Waals surface area contributed by atoms with Gasteiger partial charge in [0.1, 0.15) is 5.76 Å². The van der Waals surface area contributed by atoms with Gasteiger partial charge in [0.2, 0.25) is 5.76 Å². The van der Waals surface area contributed by atoms with E-state index in [2.05, 4.69) is 0 Å². The molecule has 94 valence electrons. The minimum absolute atomic E-state index is 0.00404. The average molecular weight is 248 g/mol. The molecule has 1 aromatic heterocycles. The molecule has 1 aliphatic rings. The Morgan fingerprint density at radius 2 is 2.12 bits per heavy atom. The Hall–Kier alpha value is -1.46. The van der Waals surface area contributed by atoms with E-state index in [1.54, 1.807) is 6.92 Å². The first-order valence-electron chi connectivity index (χ1n) is 5.22. The van der Waals surface area contributed by atoms with Crippen molar-refractivity contribution in [3.05, 3.63) is 22.6 Å². The van der Waals surface area contributed by atoms with E-state index in [1.807, 2.05) is 0 Å². The Morgan fingerprint density at radius 3 is 2.65 bits per heavy atom. The van der Waals surface area contributed by atoms with Crippen LogP contribution in [0.1, 0.15) is 33.9 Å². The van der Waals surface area contributed by atoms with Gasteiger partial charge in [0.15, 0.2) is 0 Å². The van der Waals surface area contributed by atoms with Gasteiger partial charge in [-0.25, -0.2) is 4.79 Å². The van der Waals surface area contributed by atoms with E-state index in [0.717, 1.165) is 0 Å². The maximum absolute atomic E-state index is 12.5. The predicted octanol–water partition coefficient (Wildman–Crippen LogP) is 2.95. The SMILES string of the molecule is Cc1c(C(=O)O)oc2c1CC[C@H](C(F)(F)F)C2. The van der Waals surface area contributed by atoms with Crippen LogP contribution in [0.2, 0.25) is 0 Å². The number of carboxylic acids is 1. The van der Waals surface area contributed by atoms with Crippen molar-refractivity contribution >= 4 is 5.97 Å². The predicted molar refractivity (Wildman–Crippen MR) is 52.0 cm³/mol. The number of fused-ring (bicyclic) bond motifs is 1. The Morgan fingerprint density at radius 1 is 1.47 bits per heavy atom. The minimum atomic E-state index is -4.25. The molecule has 0 fully saturated rings. The number of furan rings is 1. The third-order valence-electron chi connectivity index (χ3n) is 3.19. The molecule has 17 heavy (non-hydrogen) atoms. The molecule has 0 bridgehead atoms. The third kappa shape index (κ3) is 2.03. The van der Waals surface area contributed by atoms with E-state index in [-0.39, 0.29) is 30.8 Å². The summed E-state index contributed by atoms with van der Waals surface area (Å²) in [5.74, 6) is -2.73. The van der Waals surface area contributed by atoms with Crippen LogP contribution in [0.25, 0.3) is 0 Å². The second-order valence-corrected chi connectivity index (χ2v) is 4.24. The van der Waals surface area contributed by atoms with Gasteiger partial charge in [-0.05, 0) is 25.3 Å². The zero-order valence-electron chi connectivity index (χ0n) is 9.10. The molecule has 0 saturated heterocycles. The van der Waals surface area contributed by atoms with Crippen LogP contribution in [-0.2, 0) is 12.8 Å². The van der Waals surface area contributed by atoms with Crippen molar-refractivity contribution in [1.82, 2.24) is 0 Å². The average Bonchev–Trinajstić information content (AvgIpc) is 2.54. The van der Waals surface area contributed by atoms with Crippen molar-refractivity contribution in [2.24, 2.45) is 5.92 Å². The largest absolute Gasteiger partial charge is 0.475 e. The number of hydrogen-bond acceptors (Lipinski definition) is 2. The van der Waals surface area contributed by atoms with Crippen molar-refractivity contribution in [3.63, 3.8) is 0 Å². The summed E-state index contributed by atoms with van der Waals surface area (Å²) >= 11 is 0. The number of aromatic carboxylic acids is 1. The van der Waals surface area contributed by atoms with E-state index < -0.39 is 18.1 Å². The molecule has 1 aromatic rings. The third-order valence-corrected chi connectivity index (χ3v) is 3.19. The van der Waals surface area contributed by atoms with Gasteiger partial charge in [-0.3, -0.25) is 0 Å². The first-order valence-corrected chi connectivity index (χ1v) is 5.22. The molecule has 0 unspecified atom stereocenters. The smallest absolute Gasteiger partial charge is 0.392 e. The van der Waals surface area contributed by atoms with Crippen molar-refractivity contribution in [2.75, 3.05) is 0 Å². The molecular formula is C11H11F3O3. The lowest BCUT2D eigenvalue weighted by atomic mass is 9.86. The number of hydrogen-bond donors (Lipinski definition) is 1. The second-order valence-electron chi connectivity index (χ2n) is 4.24. The normalized spacial score (nSPS) is 20.1. The molecule has 0 amide bonds. The summed E-state index contributed by atoms with van der Waals surface area (Å²) < 4.78 is 42.7. The Bertz CT molecular complexity index is 459. The zero-order chi connectivity index (χ0) is 12.8. The Balaban J connectivity index is 2.34. The zero-order valence-corrected chi connectivity index (χ0v) is 9.10. The van der Waals surface area contributed by atoms with Crippen LogP contribution in [0.4, 0.5) is 13.2 Å². The molecule has 0 radical (unpaired) electrons. The van der Waals surface area contributed by atoms with Gasteiger partial charge in [0, 0.05) is 12.0 Å². The van der Waals surface area contributed by atoms with Crippen molar-refractivity contribution in [3.8, 4) is 0 Å². The summed E-state index contributed by atoms with van der Waals surface area (Å²) in [5, 5.41) is 8.82. The molecule has 1 heterocycles. The van der Waals surface area contributed by atoms with E-state index in [4.69, 9.17) is 9.52 Å². The van der Waals surface area contributed by atoms with E-state index in [1.165, 1.54) is 0 Å². The van der Waals surface area contributed by atoms with Crippen LogP contribution in [0, 0.1) is 12.8 Å². The lowest BCUT2D eigenvalue weighted by molar-refractivity contribution is -0.178. The van der Waals surface area contributed by atoms with Gasteiger partial charge in [-0.1, -0.05) is 0 Å². The van der Waals surface area contributed by atoms with Gasteiger partial charge in [-0.2, -0.15) is 13.2 Å². The standard InChI is InChI=1S/C11H11F3O3/c1-5-7-3-2-6(11(12,13)14)4-8(7)17-9(5)10(15)16/h6H,2-4H2,1H3,(H,15,16)/t6-/m0/s1. The van der Waals surface area contributed by atoms with Crippen LogP contribution in [0.5, 0.6) is 0 Å². The highest BCUT2D eigenvalue weighted by Gasteiger charge is 2.43. The Kier molecular flexibility index (Phi) is 2.67. The molecular weight excluding hydrogens is 237 g/mol. The lowest BCUT2D eigenvalue weighted by Crippen LogP contribution is -2.28. The molecule has 1 atom stereocenters. The van der Waals surface area contributed by atoms with Crippen molar-refractivity contribution in [1.29, 1.82) is 0 Å². The van der Waals surface area contributed by atoms with Crippen LogP contribution in [-0.4, -0.2) is 17.3 Å². The first-order chi connectivity index (χ1) is 7.80. The van der Waals surface area contributed by atoms with Crippen LogP contribution < -0.4 is 0 Å². The molecule has 0 aromatic carbocycles. The van der Waals surface area contributed by atoms with Crippen LogP contribution in [0.15, 0.2) is 4.42 Å². The summed E-state index contributed by atoms with van der Waals surface area (Å²) in [6.45, 7) is 1.57. The quantitative estimate of drug-likeness (QED) is 0.831. The van der Waals surface area contributed by atoms with Crippen LogP contribution >= 0.6 is 0 Å². The summed E-state index contributed by atoms with van der Waals surface area (Å²) in [7, 11) is 0. The highest BCUT2D eigenvalue weighted by atomic mass is 19.4. The molecule has 6 heteroatoms. The van der Waals surface area contributed by atoms with E-state index in [0.29, 0.717) is 11.1 Å². The fraction of sp³-hybridized carbons (Fsp3) is 0.545. The van der Waals surface area contributed by atoms with Crippen molar-refractivity contribution < 1.29 is 27.5 Å². The number of carboxylic acid groups (broad SMARTS) is 1. The van der Waals surface area contributed by atoms with Gasteiger partial charge < -0.3 is 9.52 Å². The minimum Gasteiger partial charge on any atom is -0.475 e. The monoisotopic (exact) mass is 248 g/mol. The molecule has 1 aliphatic carbocycles. The summed E-state index contributed by atoms with van der Waals surface area (Å²) in [5.41, 5.74) is 1.08. The van der Waals surface area contributed by atoms with Gasteiger partial charge >= 0.3 is 12.1 Å². The van der Waals surface area contributed by atoms with Crippen LogP contribution in [0.3, 0.4) is 0 Å². The molecule has 2 rings (SSSR count). The highest BCUT2D eigenvalue weighted by molar-refractivity contribution is 5.86. The second kappa shape index (κ2) is 3.78. The summed E-state index contributed by atoms with van der Waals surface area (Å²) in [6.07, 6.45) is -4.28. The molecule has 3 nitrogen and oxygen atoms in total. The molecule has 0 aliphatic heterocycles. The highest BCUT2D eigenvalue weighted by Crippen LogP contribution is 2.39. The maximum atomic E-state index is 12.5. The van der Waals surface area contributed by atoms with Gasteiger partial charge in [0.05, 0.1) is 5.92 Å². The topological polar surface area (TPSA) is 50.4 Å². The first kappa shape index (κ1) is 12.0. The number of carbonyl (C=O) groups is 1. The fourth-order valence-electron chi connectivity index (χ4n) is 2.23. The molecule has 0 saturated carbocycles. The summed E-state index contributed by atoms with van der Waals surface area (Å²) in [6, 6.07) is 0. The fourth-order valence-corrected chi connectivity index (χ4v) is 2.23. The number of alkyl halides is 3. The van der Waals surface area contributed by atoms with Gasteiger partial charge in [0.25, 0.3) is 0 Å². The molecule has 1 N–H and O–H groups in total. The molecule has 0 spiro atoms. The summed E-state index contributed by atoms with van der Waals surface area (Å²) in [4.78, 5) is 10.8. The number of rotatable bonds is 1.